The van der Waals surface area contributed by atoms with Crippen LogP contribution < -0.4 is 15.4 Å². The van der Waals surface area contributed by atoms with Crippen molar-refractivity contribution in [2.24, 2.45) is 5.73 Å². The van der Waals surface area contributed by atoms with E-state index in [-0.39, 0.29) is 5.75 Å². The van der Waals surface area contributed by atoms with Crippen LogP contribution in [0.4, 0.5) is 16.2 Å². The molecule has 2 rings (SSSR count). The van der Waals surface area contributed by atoms with Crippen LogP contribution in [0.1, 0.15) is 18.9 Å². The lowest BCUT2D eigenvalue weighted by Gasteiger charge is -2.29. The summed E-state index contributed by atoms with van der Waals surface area (Å²) in [6, 6.07) is 4.64. The molecule has 22 heavy (non-hydrogen) atoms. The van der Waals surface area contributed by atoms with Crippen molar-refractivity contribution in [2.75, 3.05) is 29.0 Å². The van der Waals surface area contributed by atoms with Gasteiger partial charge in [-0.1, -0.05) is 6.07 Å². The molecule has 0 saturated carbocycles. The summed E-state index contributed by atoms with van der Waals surface area (Å²) in [7, 11) is -2.06. The Morgan fingerprint density at radius 3 is 2.86 bits per heavy atom. The molecule has 1 atom stereocenters. The molecule has 0 aliphatic carbocycles. The number of urea groups is 1. The third-order valence-corrected chi connectivity index (χ3v) is 5.08. The largest absolute Gasteiger partial charge is 0.381 e. The number of primary amides is 1. The standard InChI is InChI=1S/C14H21N3O4S/c1-10(21-2)9-22(19,20)16-12-6-3-7-13-11(12)5-4-8-17(13)14(15)18/h3,6-7,10,16H,4-5,8-9H2,1-2H3,(H2,15,18)/t10-/m1/s1. The fraction of sp³-hybridized carbons (Fsp3) is 0.500. The summed E-state index contributed by atoms with van der Waals surface area (Å²) in [6.07, 6.45) is 1.03. The second-order valence-electron chi connectivity index (χ2n) is 5.33. The molecule has 1 aromatic rings. The van der Waals surface area contributed by atoms with Crippen LogP contribution in [0.2, 0.25) is 0 Å². The number of carbonyl (C=O) groups excluding carboxylic acids is 1. The smallest absolute Gasteiger partial charge is 0.319 e. The third-order valence-electron chi connectivity index (χ3n) is 3.64. The Bertz CT molecular complexity index is 660. The summed E-state index contributed by atoms with van der Waals surface area (Å²) in [5, 5.41) is 0. The Kier molecular flexibility index (Phi) is 4.92. The number of methoxy groups -OCH3 is 1. The van der Waals surface area contributed by atoms with Crippen molar-refractivity contribution in [3.63, 3.8) is 0 Å². The normalized spacial score (nSPS) is 16.0. The number of ether oxygens (including phenoxy) is 1. The van der Waals surface area contributed by atoms with Gasteiger partial charge in [0.1, 0.15) is 0 Å². The van der Waals surface area contributed by atoms with Crippen LogP contribution in [0.5, 0.6) is 0 Å². The van der Waals surface area contributed by atoms with Crippen molar-refractivity contribution < 1.29 is 17.9 Å². The molecule has 0 bridgehead atoms. The average molecular weight is 327 g/mol. The highest BCUT2D eigenvalue weighted by atomic mass is 32.2. The van der Waals surface area contributed by atoms with Gasteiger partial charge in [0, 0.05) is 19.2 Å². The van der Waals surface area contributed by atoms with Crippen LogP contribution in [-0.4, -0.2) is 40.0 Å². The van der Waals surface area contributed by atoms with Gasteiger partial charge in [0.25, 0.3) is 0 Å². The van der Waals surface area contributed by atoms with Crippen molar-refractivity contribution in [3.8, 4) is 0 Å². The van der Waals surface area contributed by atoms with Gasteiger partial charge in [-0.05, 0) is 31.9 Å². The number of rotatable bonds is 5. The van der Waals surface area contributed by atoms with E-state index in [2.05, 4.69) is 4.72 Å². The number of hydrogen-bond donors (Lipinski definition) is 2. The fourth-order valence-corrected chi connectivity index (χ4v) is 3.90. The van der Waals surface area contributed by atoms with E-state index in [1.165, 1.54) is 12.0 Å². The molecule has 1 aliphatic rings. The maximum Gasteiger partial charge on any atom is 0.319 e. The van der Waals surface area contributed by atoms with E-state index in [4.69, 9.17) is 10.5 Å². The first-order valence-electron chi connectivity index (χ1n) is 7.06. The first-order valence-corrected chi connectivity index (χ1v) is 8.71. The zero-order valence-corrected chi connectivity index (χ0v) is 13.5. The molecular weight excluding hydrogens is 306 g/mol. The van der Waals surface area contributed by atoms with E-state index in [0.29, 0.717) is 24.3 Å². The second-order valence-corrected chi connectivity index (χ2v) is 7.09. The topological polar surface area (TPSA) is 102 Å². The molecular formula is C14H21N3O4S. The maximum absolute atomic E-state index is 12.2. The predicted molar refractivity (Wildman–Crippen MR) is 85.6 cm³/mol. The van der Waals surface area contributed by atoms with E-state index in [1.54, 1.807) is 25.1 Å². The number of anilines is 2. The summed E-state index contributed by atoms with van der Waals surface area (Å²) in [5.41, 5.74) is 7.33. The van der Waals surface area contributed by atoms with Crippen molar-refractivity contribution >= 4 is 27.4 Å². The van der Waals surface area contributed by atoms with Crippen LogP contribution in [0.15, 0.2) is 18.2 Å². The van der Waals surface area contributed by atoms with E-state index in [0.717, 1.165) is 12.0 Å². The maximum atomic E-state index is 12.2. The van der Waals surface area contributed by atoms with Crippen LogP contribution in [0.25, 0.3) is 0 Å². The van der Waals surface area contributed by atoms with Crippen molar-refractivity contribution in [1.29, 1.82) is 0 Å². The van der Waals surface area contributed by atoms with Gasteiger partial charge in [0.2, 0.25) is 10.0 Å². The van der Waals surface area contributed by atoms with Gasteiger partial charge in [-0.15, -0.1) is 0 Å². The lowest BCUT2D eigenvalue weighted by molar-refractivity contribution is 0.136. The molecule has 0 saturated heterocycles. The molecule has 3 N–H and O–H groups in total. The lowest BCUT2D eigenvalue weighted by Crippen LogP contribution is -2.39. The van der Waals surface area contributed by atoms with E-state index in [9.17, 15) is 13.2 Å². The number of carbonyl (C=O) groups is 1. The SMILES string of the molecule is CO[C@H](C)CS(=O)(=O)Nc1cccc2c1CCCN2C(N)=O. The number of sulfonamides is 1. The first-order chi connectivity index (χ1) is 10.3. The van der Waals surface area contributed by atoms with Crippen LogP contribution in [0, 0.1) is 0 Å². The average Bonchev–Trinajstić information content (AvgIpc) is 2.45. The summed E-state index contributed by atoms with van der Waals surface area (Å²) in [5.74, 6) is -0.132. The Labute approximate surface area is 130 Å². The Morgan fingerprint density at radius 1 is 1.50 bits per heavy atom. The van der Waals surface area contributed by atoms with Gasteiger partial charge in [0.05, 0.1) is 23.2 Å². The van der Waals surface area contributed by atoms with E-state index < -0.39 is 22.2 Å². The van der Waals surface area contributed by atoms with Gasteiger partial charge < -0.3 is 10.5 Å². The van der Waals surface area contributed by atoms with Gasteiger partial charge in [-0.25, -0.2) is 13.2 Å². The summed E-state index contributed by atoms with van der Waals surface area (Å²) in [4.78, 5) is 13.0. The number of hydrogen-bond acceptors (Lipinski definition) is 4. The number of fused-ring (bicyclic) bond motifs is 1. The highest BCUT2D eigenvalue weighted by Gasteiger charge is 2.24. The van der Waals surface area contributed by atoms with Crippen molar-refractivity contribution in [2.45, 2.75) is 25.9 Å². The Hall–Kier alpha value is -1.80. The first kappa shape index (κ1) is 16.6. The lowest BCUT2D eigenvalue weighted by atomic mass is 10.0. The highest BCUT2D eigenvalue weighted by molar-refractivity contribution is 7.92. The minimum absolute atomic E-state index is 0.132. The summed E-state index contributed by atoms with van der Waals surface area (Å²) >= 11 is 0. The van der Waals surface area contributed by atoms with Crippen LogP contribution in [-0.2, 0) is 21.2 Å². The van der Waals surface area contributed by atoms with Crippen LogP contribution >= 0.6 is 0 Å². The Morgan fingerprint density at radius 2 is 2.23 bits per heavy atom. The molecule has 1 heterocycles. The molecule has 1 aliphatic heterocycles. The van der Waals surface area contributed by atoms with E-state index in [1.807, 2.05) is 0 Å². The van der Waals surface area contributed by atoms with Gasteiger partial charge in [0.15, 0.2) is 0 Å². The molecule has 7 nitrogen and oxygen atoms in total. The third kappa shape index (κ3) is 3.69. The summed E-state index contributed by atoms with van der Waals surface area (Å²) < 4.78 is 31.9. The second kappa shape index (κ2) is 6.53. The van der Waals surface area contributed by atoms with Gasteiger partial charge in [-0.2, -0.15) is 0 Å². The molecule has 0 spiro atoms. The number of benzene rings is 1. The van der Waals surface area contributed by atoms with Gasteiger partial charge in [-0.3, -0.25) is 9.62 Å². The minimum Gasteiger partial charge on any atom is -0.381 e. The molecule has 0 aromatic heterocycles. The quantitative estimate of drug-likeness (QED) is 0.851. The molecule has 0 radical (unpaired) electrons. The molecule has 0 fully saturated rings. The van der Waals surface area contributed by atoms with E-state index >= 15 is 0 Å². The zero-order valence-electron chi connectivity index (χ0n) is 12.7. The minimum atomic E-state index is -3.53. The molecule has 0 unspecified atom stereocenters. The molecule has 2 amide bonds. The molecule has 1 aromatic carbocycles. The monoisotopic (exact) mass is 327 g/mol. The zero-order chi connectivity index (χ0) is 16.3. The molecule has 122 valence electrons. The number of amides is 2. The number of nitrogens with one attached hydrogen (secondary N) is 1. The fourth-order valence-electron chi connectivity index (χ4n) is 2.54. The summed E-state index contributed by atoms with van der Waals surface area (Å²) in [6.45, 7) is 2.23. The van der Waals surface area contributed by atoms with Gasteiger partial charge >= 0.3 is 6.03 Å². The molecule has 8 heteroatoms. The van der Waals surface area contributed by atoms with Crippen LogP contribution in [0.3, 0.4) is 0 Å². The number of nitrogens with two attached hydrogens (primary N) is 1. The highest BCUT2D eigenvalue weighted by Crippen LogP contribution is 2.33. The van der Waals surface area contributed by atoms with Crippen molar-refractivity contribution in [1.82, 2.24) is 0 Å². The Balaban J connectivity index is 2.30. The van der Waals surface area contributed by atoms with Crippen molar-refractivity contribution in [3.05, 3.63) is 23.8 Å². The predicted octanol–water partition coefficient (Wildman–Crippen LogP) is 1.29. The number of nitrogens with zero attached hydrogens (tertiary/aromatic N) is 1.